The van der Waals surface area contributed by atoms with Crippen LogP contribution in [0.2, 0.25) is 5.02 Å². The van der Waals surface area contributed by atoms with Gasteiger partial charge in [-0.25, -0.2) is 0 Å². The highest BCUT2D eigenvalue weighted by Crippen LogP contribution is 2.26. The zero-order valence-electron chi connectivity index (χ0n) is 14.5. The minimum absolute atomic E-state index is 0.579. The minimum atomic E-state index is 0.579. The van der Waals surface area contributed by atoms with E-state index in [0.29, 0.717) is 10.6 Å². The number of halogens is 1. The van der Waals surface area contributed by atoms with Crippen LogP contribution in [0.15, 0.2) is 48.5 Å². The first-order valence-electron chi connectivity index (χ1n) is 8.65. The van der Waals surface area contributed by atoms with Crippen LogP contribution in [-0.4, -0.2) is 37.6 Å². The molecular formula is C21H22ClN3. The van der Waals surface area contributed by atoms with Crippen molar-refractivity contribution < 1.29 is 0 Å². The molecule has 1 aliphatic heterocycles. The van der Waals surface area contributed by atoms with Gasteiger partial charge in [0.25, 0.3) is 0 Å². The molecule has 4 heteroatoms. The highest BCUT2D eigenvalue weighted by atomic mass is 35.5. The summed E-state index contributed by atoms with van der Waals surface area (Å²) in [6.45, 7) is 7.68. The predicted octanol–water partition coefficient (Wildman–Crippen LogP) is 4.55. The fourth-order valence-electron chi connectivity index (χ4n) is 3.12. The second kappa shape index (κ2) is 8.20. The SMILES string of the molecule is CCN1CCN(c2ccc(C=C(C#N)c3ccccc3Cl)cc2)CC1. The summed E-state index contributed by atoms with van der Waals surface area (Å²) in [4.78, 5) is 4.88. The van der Waals surface area contributed by atoms with Crippen molar-refractivity contribution in [3.8, 4) is 6.07 Å². The van der Waals surface area contributed by atoms with Crippen molar-refractivity contribution in [2.45, 2.75) is 6.92 Å². The number of benzene rings is 2. The second-order valence-electron chi connectivity index (χ2n) is 6.16. The van der Waals surface area contributed by atoms with Crippen LogP contribution in [0, 0.1) is 11.3 Å². The summed E-state index contributed by atoms with van der Waals surface area (Å²) in [5.74, 6) is 0. The van der Waals surface area contributed by atoms with E-state index in [2.05, 4.69) is 47.1 Å². The van der Waals surface area contributed by atoms with Gasteiger partial charge in [0.1, 0.15) is 0 Å². The molecule has 0 spiro atoms. The maximum atomic E-state index is 9.48. The molecule has 1 heterocycles. The first kappa shape index (κ1) is 17.5. The van der Waals surface area contributed by atoms with Crippen molar-refractivity contribution in [1.29, 1.82) is 5.26 Å². The van der Waals surface area contributed by atoms with Crippen LogP contribution in [0.1, 0.15) is 18.1 Å². The molecule has 0 saturated carbocycles. The standard InChI is InChI=1S/C21H22ClN3/c1-2-24-11-13-25(14-12-24)19-9-7-17(8-10-19)15-18(16-23)20-5-3-4-6-21(20)22/h3-10,15H,2,11-14H2,1H3. The number of nitrogens with zero attached hydrogens (tertiary/aromatic N) is 3. The molecule has 0 aliphatic carbocycles. The number of anilines is 1. The van der Waals surface area contributed by atoms with Gasteiger partial charge in [-0.1, -0.05) is 48.9 Å². The van der Waals surface area contributed by atoms with Crippen molar-refractivity contribution in [2.75, 3.05) is 37.6 Å². The Morgan fingerprint density at radius 3 is 2.36 bits per heavy atom. The summed E-state index contributed by atoms with van der Waals surface area (Å²) in [6.07, 6.45) is 1.89. The van der Waals surface area contributed by atoms with E-state index in [1.165, 1.54) is 5.69 Å². The van der Waals surface area contributed by atoms with Crippen molar-refractivity contribution in [3.05, 3.63) is 64.7 Å². The van der Waals surface area contributed by atoms with Crippen molar-refractivity contribution in [2.24, 2.45) is 0 Å². The molecule has 0 N–H and O–H groups in total. The van der Waals surface area contributed by atoms with Gasteiger partial charge in [0.2, 0.25) is 0 Å². The average molecular weight is 352 g/mol. The van der Waals surface area contributed by atoms with Gasteiger partial charge in [0.05, 0.1) is 11.6 Å². The van der Waals surface area contributed by atoms with Gasteiger partial charge in [-0.2, -0.15) is 5.26 Å². The lowest BCUT2D eigenvalue weighted by Crippen LogP contribution is -2.46. The molecular weight excluding hydrogens is 330 g/mol. The molecule has 0 atom stereocenters. The van der Waals surface area contributed by atoms with Gasteiger partial charge < -0.3 is 9.80 Å². The first-order chi connectivity index (χ1) is 12.2. The predicted molar refractivity (Wildman–Crippen MR) is 106 cm³/mol. The lowest BCUT2D eigenvalue weighted by molar-refractivity contribution is 0.271. The lowest BCUT2D eigenvalue weighted by Gasteiger charge is -2.35. The Morgan fingerprint density at radius 2 is 1.76 bits per heavy atom. The van der Waals surface area contributed by atoms with Crippen molar-refractivity contribution in [1.82, 2.24) is 4.90 Å². The molecule has 0 unspecified atom stereocenters. The number of rotatable bonds is 4. The molecule has 0 aromatic heterocycles. The molecule has 0 amide bonds. The van der Waals surface area contributed by atoms with Gasteiger partial charge in [-0.05, 0) is 36.4 Å². The second-order valence-corrected chi connectivity index (χ2v) is 6.57. The zero-order chi connectivity index (χ0) is 17.6. The van der Waals surface area contributed by atoms with Gasteiger partial charge in [-0.3, -0.25) is 0 Å². The average Bonchev–Trinajstić information content (AvgIpc) is 2.67. The first-order valence-corrected chi connectivity index (χ1v) is 9.03. The smallest absolute Gasteiger partial charge is 0.0998 e. The molecule has 3 nitrogen and oxygen atoms in total. The Bertz CT molecular complexity index is 782. The monoisotopic (exact) mass is 351 g/mol. The third kappa shape index (κ3) is 4.22. The van der Waals surface area contributed by atoms with E-state index < -0.39 is 0 Å². The third-order valence-electron chi connectivity index (χ3n) is 4.67. The molecule has 1 fully saturated rings. The summed E-state index contributed by atoms with van der Waals surface area (Å²) in [5.41, 5.74) is 3.60. The van der Waals surface area contributed by atoms with E-state index in [-0.39, 0.29) is 0 Å². The van der Waals surface area contributed by atoms with E-state index in [1.807, 2.05) is 24.3 Å². The third-order valence-corrected chi connectivity index (χ3v) is 5.00. The minimum Gasteiger partial charge on any atom is -0.369 e. The number of hydrogen-bond donors (Lipinski definition) is 0. The number of nitriles is 1. The largest absolute Gasteiger partial charge is 0.369 e. The van der Waals surface area contributed by atoms with Crippen LogP contribution in [0.4, 0.5) is 5.69 Å². The van der Waals surface area contributed by atoms with E-state index in [0.717, 1.165) is 43.9 Å². The highest BCUT2D eigenvalue weighted by molar-refractivity contribution is 6.32. The molecule has 3 rings (SSSR count). The van der Waals surface area contributed by atoms with Crippen molar-refractivity contribution in [3.63, 3.8) is 0 Å². The van der Waals surface area contributed by atoms with E-state index in [1.54, 1.807) is 6.07 Å². The zero-order valence-corrected chi connectivity index (χ0v) is 15.2. The fourth-order valence-corrected chi connectivity index (χ4v) is 3.36. The fraction of sp³-hybridized carbons (Fsp3) is 0.286. The number of hydrogen-bond acceptors (Lipinski definition) is 3. The summed E-state index contributed by atoms with van der Waals surface area (Å²) < 4.78 is 0. The quantitative estimate of drug-likeness (QED) is 0.598. The lowest BCUT2D eigenvalue weighted by atomic mass is 10.0. The van der Waals surface area contributed by atoms with E-state index in [9.17, 15) is 5.26 Å². The molecule has 1 saturated heterocycles. The summed E-state index contributed by atoms with van der Waals surface area (Å²) in [6, 6.07) is 18.1. The molecule has 25 heavy (non-hydrogen) atoms. The van der Waals surface area contributed by atoms with Gasteiger partial charge in [0.15, 0.2) is 0 Å². The molecule has 1 aliphatic rings. The summed E-state index contributed by atoms with van der Waals surface area (Å²) in [5, 5.41) is 10.1. The van der Waals surface area contributed by atoms with E-state index >= 15 is 0 Å². The van der Waals surface area contributed by atoms with Gasteiger partial charge in [-0.15, -0.1) is 0 Å². The molecule has 2 aromatic carbocycles. The Labute approximate surface area is 154 Å². The molecule has 2 aromatic rings. The Kier molecular flexibility index (Phi) is 5.75. The van der Waals surface area contributed by atoms with E-state index in [4.69, 9.17) is 11.6 Å². The Balaban J connectivity index is 1.76. The van der Waals surface area contributed by atoms with Crippen LogP contribution < -0.4 is 4.90 Å². The maximum absolute atomic E-state index is 9.48. The van der Waals surface area contributed by atoms with Crippen molar-refractivity contribution >= 4 is 28.9 Å². The highest BCUT2D eigenvalue weighted by Gasteiger charge is 2.15. The molecule has 0 bridgehead atoms. The maximum Gasteiger partial charge on any atom is 0.0998 e. The van der Waals surface area contributed by atoms with Crippen LogP contribution in [-0.2, 0) is 0 Å². The van der Waals surface area contributed by atoms with Crippen LogP contribution in [0.3, 0.4) is 0 Å². The Hall–Kier alpha value is -2.28. The number of likely N-dealkylation sites (N-methyl/N-ethyl adjacent to an activating group) is 1. The summed E-state index contributed by atoms with van der Waals surface area (Å²) in [7, 11) is 0. The summed E-state index contributed by atoms with van der Waals surface area (Å²) >= 11 is 6.21. The number of allylic oxidation sites excluding steroid dienone is 1. The topological polar surface area (TPSA) is 30.3 Å². The van der Waals surface area contributed by atoms with Crippen LogP contribution in [0.5, 0.6) is 0 Å². The van der Waals surface area contributed by atoms with Crippen LogP contribution in [0.25, 0.3) is 11.6 Å². The molecule has 128 valence electrons. The van der Waals surface area contributed by atoms with Crippen LogP contribution >= 0.6 is 11.6 Å². The van der Waals surface area contributed by atoms with Gasteiger partial charge in [0, 0.05) is 42.5 Å². The normalized spacial score (nSPS) is 15.9. The van der Waals surface area contributed by atoms with Gasteiger partial charge >= 0.3 is 0 Å². The Morgan fingerprint density at radius 1 is 1.08 bits per heavy atom. The molecule has 0 radical (unpaired) electrons. The number of piperazine rings is 1.